The fraction of sp³-hybridized carbons (Fsp3) is 0.560. The zero-order valence-electron chi connectivity index (χ0n) is 21.5. The zero-order valence-corrected chi connectivity index (χ0v) is 22.3. The lowest BCUT2D eigenvalue weighted by Crippen LogP contribution is -2.39. The minimum atomic E-state index is -4.92. The van der Waals surface area contributed by atoms with E-state index in [4.69, 9.17) is 15.5 Å². The summed E-state index contributed by atoms with van der Waals surface area (Å²) in [5.41, 5.74) is -1.66. The number of alkyl halides is 3. The third kappa shape index (κ3) is 6.92. The Bertz CT molecular complexity index is 1250. The van der Waals surface area contributed by atoms with Crippen molar-refractivity contribution in [2.75, 3.05) is 13.7 Å². The molecule has 3 N–H and O–H groups in total. The first-order valence-electron chi connectivity index (χ1n) is 12.3. The van der Waals surface area contributed by atoms with Crippen LogP contribution in [0.3, 0.4) is 0 Å². The molecule has 38 heavy (non-hydrogen) atoms. The van der Waals surface area contributed by atoms with Crippen LogP contribution in [0.15, 0.2) is 35.5 Å². The second-order valence-corrected chi connectivity index (χ2v) is 11.0. The maximum atomic E-state index is 13.9. The molecule has 2 atom stereocenters. The summed E-state index contributed by atoms with van der Waals surface area (Å²) >= 11 is 0. The van der Waals surface area contributed by atoms with Crippen LogP contribution in [0.5, 0.6) is 0 Å². The molecule has 1 heterocycles. The van der Waals surface area contributed by atoms with Gasteiger partial charge in [-0.05, 0) is 49.8 Å². The molecule has 13 heteroatoms. The van der Waals surface area contributed by atoms with Gasteiger partial charge in [0.1, 0.15) is 5.54 Å². The molecule has 2 aliphatic carbocycles. The fourth-order valence-electron chi connectivity index (χ4n) is 4.28. The van der Waals surface area contributed by atoms with Crippen molar-refractivity contribution in [1.82, 2.24) is 15.1 Å². The van der Waals surface area contributed by atoms with Gasteiger partial charge in [-0.15, -0.1) is 0 Å². The van der Waals surface area contributed by atoms with Crippen LogP contribution in [-0.2, 0) is 27.4 Å². The summed E-state index contributed by atoms with van der Waals surface area (Å²) in [5, 5.41) is 30.6. The molecule has 1 aromatic heterocycles. The smallest absolute Gasteiger partial charge is 0.400 e. The first kappa shape index (κ1) is 31.3. The number of carbonyl (C=O) groups excluding carboxylic acids is 1. The number of halogens is 3. The Morgan fingerprint density at radius 3 is 2.45 bits per heavy atom. The molecular weight excluding hydrogens is 525 g/mol. The van der Waals surface area contributed by atoms with E-state index >= 15 is 0 Å². The van der Waals surface area contributed by atoms with Crippen molar-refractivity contribution in [3.05, 3.63) is 36.2 Å². The summed E-state index contributed by atoms with van der Waals surface area (Å²) in [6.07, 6.45) is -0.856. The van der Waals surface area contributed by atoms with Gasteiger partial charge in [-0.3, -0.25) is 9.48 Å². The highest BCUT2D eigenvalue weighted by molar-refractivity contribution is 7.92. The number of aromatic nitrogens is 2. The number of aliphatic hydroxyl groups is 2. The molecule has 0 spiro atoms. The lowest BCUT2D eigenvalue weighted by atomic mass is 10.1. The molecule has 2 aliphatic rings. The van der Waals surface area contributed by atoms with Crippen LogP contribution >= 0.6 is 0 Å². The van der Waals surface area contributed by atoms with Crippen molar-refractivity contribution in [1.29, 1.82) is 5.26 Å². The number of sulfone groups is 1. The lowest BCUT2D eigenvalue weighted by molar-refractivity contribution is -0.139. The number of benzene rings is 1. The maximum absolute atomic E-state index is 13.9. The van der Waals surface area contributed by atoms with Gasteiger partial charge in [0, 0.05) is 24.8 Å². The standard InChI is InChI=1S/C22H23F3N4O4S.C2H6.CH4O/c23-22(24,25)18-10-14(16-11-27-29(12-16)7-8-30)2-4-19(18)34(32,33)17-3-1-15(9-17)20(31)28-21(13-26)5-6-21;2*1-2/h2,4,10-12,15,17,30H,1,3,5-9H2,(H,28,31);1-2H3;2H,1H3/t15-,17-;;/m1../s1. The number of aliphatic hydroxyl groups excluding tert-OH is 2. The number of hydrogen-bond donors (Lipinski definition) is 3. The van der Waals surface area contributed by atoms with Gasteiger partial charge in [0.15, 0.2) is 9.84 Å². The molecule has 1 aromatic carbocycles. The van der Waals surface area contributed by atoms with E-state index in [9.17, 15) is 26.4 Å². The Hall–Kier alpha value is -2.95. The second kappa shape index (κ2) is 12.7. The zero-order chi connectivity index (χ0) is 28.7. The predicted octanol–water partition coefficient (Wildman–Crippen LogP) is 3.31. The Morgan fingerprint density at radius 1 is 1.24 bits per heavy atom. The number of amides is 1. The number of carbonyl (C=O) groups is 1. The summed E-state index contributed by atoms with van der Waals surface area (Å²) in [4.78, 5) is 11.7. The van der Waals surface area contributed by atoms with Crippen LogP contribution in [0.1, 0.15) is 51.5 Å². The van der Waals surface area contributed by atoms with E-state index < -0.39 is 49.1 Å². The molecule has 0 radical (unpaired) electrons. The summed E-state index contributed by atoms with van der Waals surface area (Å²) in [7, 11) is -3.37. The lowest BCUT2D eigenvalue weighted by Gasteiger charge is -2.18. The average molecular weight is 559 g/mol. The minimum absolute atomic E-state index is 0.0625. The maximum Gasteiger partial charge on any atom is 0.417 e. The van der Waals surface area contributed by atoms with Crippen molar-refractivity contribution in [2.24, 2.45) is 5.92 Å². The molecule has 9 nitrogen and oxygen atoms in total. The largest absolute Gasteiger partial charge is 0.417 e. The number of nitrogens with zero attached hydrogens (tertiary/aromatic N) is 3. The molecule has 0 saturated heterocycles. The van der Waals surface area contributed by atoms with Crippen molar-refractivity contribution < 1.29 is 36.6 Å². The molecule has 4 rings (SSSR count). The van der Waals surface area contributed by atoms with Gasteiger partial charge in [0.2, 0.25) is 5.91 Å². The number of rotatable bonds is 7. The topological polar surface area (TPSA) is 145 Å². The van der Waals surface area contributed by atoms with Crippen molar-refractivity contribution in [3.63, 3.8) is 0 Å². The van der Waals surface area contributed by atoms with Crippen molar-refractivity contribution in [2.45, 2.75) is 74.4 Å². The van der Waals surface area contributed by atoms with Gasteiger partial charge in [-0.1, -0.05) is 19.9 Å². The molecule has 210 valence electrons. The summed E-state index contributed by atoms with van der Waals surface area (Å²) in [6, 6.07) is 5.07. The summed E-state index contributed by atoms with van der Waals surface area (Å²) in [5.74, 6) is -1.10. The van der Waals surface area contributed by atoms with Crippen LogP contribution in [-0.4, -0.2) is 58.8 Å². The summed E-state index contributed by atoms with van der Waals surface area (Å²) in [6.45, 7) is 3.98. The van der Waals surface area contributed by atoms with Gasteiger partial charge in [-0.25, -0.2) is 8.42 Å². The summed E-state index contributed by atoms with van der Waals surface area (Å²) < 4.78 is 69.6. The van der Waals surface area contributed by atoms with Gasteiger partial charge >= 0.3 is 6.18 Å². The molecule has 0 bridgehead atoms. The van der Waals surface area contributed by atoms with Crippen molar-refractivity contribution >= 4 is 15.7 Å². The van der Waals surface area contributed by atoms with E-state index in [1.54, 1.807) is 0 Å². The molecule has 2 fully saturated rings. The van der Waals surface area contributed by atoms with Crippen LogP contribution in [0.4, 0.5) is 13.2 Å². The quantitative estimate of drug-likeness (QED) is 0.473. The van der Waals surface area contributed by atoms with Gasteiger partial charge in [0.25, 0.3) is 0 Å². The average Bonchev–Trinajstić information content (AvgIpc) is 3.27. The highest BCUT2D eigenvalue weighted by atomic mass is 32.2. The van der Waals surface area contributed by atoms with Gasteiger partial charge in [-0.2, -0.15) is 23.5 Å². The van der Waals surface area contributed by atoms with E-state index in [2.05, 4.69) is 10.4 Å². The third-order valence-corrected chi connectivity index (χ3v) is 8.68. The Morgan fingerprint density at radius 2 is 1.89 bits per heavy atom. The molecule has 1 amide bonds. The highest BCUT2D eigenvalue weighted by Crippen LogP contribution is 2.42. The molecule has 0 aliphatic heterocycles. The molecule has 2 saturated carbocycles. The van der Waals surface area contributed by atoms with E-state index in [1.807, 2.05) is 19.9 Å². The Labute approximate surface area is 220 Å². The second-order valence-electron chi connectivity index (χ2n) is 8.78. The van der Waals surface area contributed by atoms with Crippen LogP contribution in [0.2, 0.25) is 0 Å². The van der Waals surface area contributed by atoms with E-state index in [0.717, 1.165) is 19.2 Å². The first-order valence-corrected chi connectivity index (χ1v) is 13.8. The normalized spacial score (nSPS) is 19.8. The molecule has 0 unspecified atom stereocenters. The minimum Gasteiger partial charge on any atom is -0.400 e. The van der Waals surface area contributed by atoms with Crippen LogP contribution < -0.4 is 5.32 Å². The SMILES string of the molecule is CC.CO.N#CC1(NC(=O)[C@@H]2CC[C@@H](S(=O)(=O)c3ccc(-c4cnn(CCO)c4)cc3C(F)(F)F)C2)CC1. The van der Waals surface area contributed by atoms with Gasteiger partial charge < -0.3 is 15.5 Å². The molecular formula is C25H33F3N4O5S. The van der Waals surface area contributed by atoms with Crippen molar-refractivity contribution in [3.8, 4) is 17.2 Å². The highest BCUT2D eigenvalue weighted by Gasteiger charge is 2.48. The number of nitrogens with one attached hydrogen (secondary N) is 1. The first-order chi connectivity index (χ1) is 18.0. The fourth-order valence-corrected chi connectivity index (χ4v) is 6.31. The Kier molecular flexibility index (Phi) is 10.5. The van der Waals surface area contributed by atoms with Crippen LogP contribution in [0, 0.1) is 17.2 Å². The van der Waals surface area contributed by atoms with E-state index in [-0.39, 0.29) is 38.0 Å². The predicted molar refractivity (Wildman–Crippen MR) is 133 cm³/mol. The monoisotopic (exact) mass is 558 g/mol. The number of hydrogen-bond acceptors (Lipinski definition) is 7. The third-order valence-electron chi connectivity index (χ3n) is 6.41. The van der Waals surface area contributed by atoms with E-state index in [0.29, 0.717) is 18.4 Å². The molecule has 2 aromatic rings. The number of nitriles is 1. The Balaban J connectivity index is 0.00000121. The van der Waals surface area contributed by atoms with Crippen LogP contribution in [0.25, 0.3) is 11.1 Å². The van der Waals surface area contributed by atoms with E-state index in [1.165, 1.54) is 23.1 Å². The van der Waals surface area contributed by atoms with Gasteiger partial charge in [0.05, 0.1) is 41.1 Å².